The van der Waals surface area contributed by atoms with Gasteiger partial charge in [-0.05, 0) is 36.5 Å². The maximum absolute atomic E-state index is 13.0. The average molecular weight is 484 g/mol. The van der Waals surface area contributed by atoms with Gasteiger partial charge in [0, 0.05) is 31.9 Å². The summed E-state index contributed by atoms with van der Waals surface area (Å²) in [5.74, 6) is 0. The molecule has 0 saturated carbocycles. The Labute approximate surface area is 190 Å². The fraction of sp³-hybridized carbons (Fsp3) is 0.263. The highest BCUT2D eigenvalue weighted by molar-refractivity contribution is 7.89. The molecule has 1 fully saturated rings. The number of aromatic nitrogens is 3. The molecule has 1 saturated heterocycles. The Kier molecular flexibility index (Phi) is 6.29. The molecule has 2 heterocycles. The van der Waals surface area contributed by atoms with Gasteiger partial charge in [0.15, 0.2) is 0 Å². The lowest BCUT2D eigenvalue weighted by molar-refractivity contribution is 0.144. The molecule has 0 unspecified atom stereocenters. The van der Waals surface area contributed by atoms with Crippen LogP contribution in [0.25, 0.3) is 5.69 Å². The molecule has 0 spiro atoms. The summed E-state index contributed by atoms with van der Waals surface area (Å²) in [7, 11) is -3.71. The van der Waals surface area contributed by atoms with Crippen LogP contribution in [0, 0.1) is 4.77 Å². The van der Waals surface area contributed by atoms with Crippen LogP contribution in [0.5, 0.6) is 0 Å². The van der Waals surface area contributed by atoms with Crippen LogP contribution in [0.3, 0.4) is 0 Å². The Bertz CT molecular complexity index is 1200. The lowest BCUT2D eigenvalue weighted by atomic mass is 10.3. The van der Waals surface area contributed by atoms with Gasteiger partial charge in [-0.15, -0.1) is 0 Å². The standard InChI is InChI=1S/C19H19Cl2N5O2S2/c20-16-7-4-8-17(18(16)21)30(27,28)24-11-9-23(10-12-24)14-26-19(29)25(13-22-26)15-5-2-1-3-6-15/h1-8,13H,9-12,14H2. The number of halogens is 2. The van der Waals surface area contributed by atoms with E-state index in [1.165, 1.54) is 10.4 Å². The zero-order chi connectivity index (χ0) is 21.3. The van der Waals surface area contributed by atoms with E-state index in [9.17, 15) is 8.42 Å². The molecule has 2 aromatic carbocycles. The average Bonchev–Trinajstić information content (AvgIpc) is 3.11. The third-order valence-corrected chi connectivity index (χ3v) is 8.25. The number of benzene rings is 2. The number of rotatable bonds is 5. The molecule has 7 nitrogen and oxygen atoms in total. The molecule has 0 atom stereocenters. The van der Waals surface area contributed by atoms with Crippen molar-refractivity contribution in [3.8, 4) is 5.69 Å². The smallest absolute Gasteiger partial charge is 0.244 e. The van der Waals surface area contributed by atoms with Crippen molar-refractivity contribution in [2.45, 2.75) is 11.6 Å². The van der Waals surface area contributed by atoms with Crippen molar-refractivity contribution < 1.29 is 8.42 Å². The largest absolute Gasteiger partial charge is 0.282 e. The second kappa shape index (κ2) is 8.78. The lowest BCUT2D eigenvalue weighted by Gasteiger charge is -2.33. The second-order valence-electron chi connectivity index (χ2n) is 6.83. The van der Waals surface area contributed by atoms with Crippen LogP contribution in [0.2, 0.25) is 10.0 Å². The second-order valence-corrected chi connectivity index (χ2v) is 9.89. The van der Waals surface area contributed by atoms with E-state index in [4.69, 9.17) is 35.4 Å². The predicted molar refractivity (Wildman–Crippen MR) is 119 cm³/mol. The van der Waals surface area contributed by atoms with Crippen molar-refractivity contribution in [2.75, 3.05) is 26.2 Å². The van der Waals surface area contributed by atoms with E-state index < -0.39 is 10.0 Å². The van der Waals surface area contributed by atoms with Gasteiger partial charge in [0.1, 0.15) is 11.2 Å². The van der Waals surface area contributed by atoms with Gasteiger partial charge in [-0.25, -0.2) is 13.1 Å². The number of hydrogen-bond acceptors (Lipinski definition) is 5. The van der Waals surface area contributed by atoms with Gasteiger partial charge >= 0.3 is 0 Å². The zero-order valence-corrected chi connectivity index (χ0v) is 19.0. The summed E-state index contributed by atoms with van der Waals surface area (Å²) in [5.41, 5.74) is 0.947. The molecule has 0 radical (unpaired) electrons. The first kappa shape index (κ1) is 21.5. The van der Waals surface area contributed by atoms with Gasteiger partial charge < -0.3 is 0 Å². The van der Waals surface area contributed by atoms with Gasteiger partial charge in [0.2, 0.25) is 14.8 Å². The number of sulfonamides is 1. The molecule has 1 aliphatic heterocycles. The minimum absolute atomic E-state index is 0.0361. The van der Waals surface area contributed by atoms with Crippen LogP contribution in [0.1, 0.15) is 0 Å². The van der Waals surface area contributed by atoms with Gasteiger partial charge in [-0.3, -0.25) is 9.47 Å². The first-order chi connectivity index (χ1) is 14.4. The molecule has 0 amide bonds. The van der Waals surface area contributed by atoms with Crippen LogP contribution in [-0.2, 0) is 16.7 Å². The molecule has 30 heavy (non-hydrogen) atoms. The normalized spacial score (nSPS) is 16.1. The van der Waals surface area contributed by atoms with Gasteiger partial charge in [0.25, 0.3) is 0 Å². The van der Waals surface area contributed by atoms with E-state index in [0.717, 1.165) is 5.69 Å². The maximum Gasteiger partial charge on any atom is 0.244 e. The molecule has 1 aromatic heterocycles. The number of piperazine rings is 1. The van der Waals surface area contributed by atoms with Crippen LogP contribution in [-0.4, -0.2) is 58.1 Å². The number of hydrogen-bond donors (Lipinski definition) is 0. The van der Waals surface area contributed by atoms with E-state index in [1.54, 1.807) is 23.1 Å². The Morgan fingerprint density at radius 3 is 2.37 bits per heavy atom. The number of nitrogens with zero attached hydrogens (tertiary/aromatic N) is 5. The van der Waals surface area contributed by atoms with Gasteiger partial charge in [-0.2, -0.15) is 9.40 Å². The summed E-state index contributed by atoms with van der Waals surface area (Å²) in [5, 5.41) is 4.67. The first-order valence-electron chi connectivity index (χ1n) is 9.24. The maximum atomic E-state index is 13.0. The Morgan fingerprint density at radius 2 is 1.67 bits per heavy atom. The molecule has 158 valence electrons. The fourth-order valence-corrected chi connectivity index (χ4v) is 5.74. The number of para-hydroxylation sites is 1. The van der Waals surface area contributed by atoms with Crippen LogP contribution in [0.15, 0.2) is 59.8 Å². The summed E-state index contributed by atoms with van der Waals surface area (Å²) in [6, 6.07) is 14.4. The van der Waals surface area contributed by atoms with Crippen LogP contribution >= 0.6 is 35.4 Å². The van der Waals surface area contributed by atoms with Crippen molar-refractivity contribution in [3.05, 3.63) is 69.7 Å². The molecule has 4 rings (SSSR count). The molecule has 0 bridgehead atoms. The van der Waals surface area contributed by atoms with E-state index >= 15 is 0 Å². The topological polar surface area (TPSA) is 63.4 Å². The van der Waals surface area contributed by atoms with Crippen LogP contribution < -0.4 is 0 Å². The van der Waals surface area contributed by atoms with Crippen molar-refractivity contribution in [1.29, 1.82) is 0 Å². The predicted octanol–water partition coefficient (Wildman–Crippen LogP) is 3.67. The Hall–Kier alpha value is -1.75. The quantitative estimate of drug-likeness (QED) is 0.518. The van der Waals surface area contributed by atoms with E-state index in [0.29, 0.717) is 37.6 Å². The highest BCUT2D eigenvalue weighted by Gasteiger charge is 2.30. The molecule has 0 N–H and O–H groups in total. The molecular formula is C19H19Cl2N5O2S2. The highest BCUT2D eigenvalue weighted by atomic mass is 35.5. The Morgan fingerprint density at radius 1 is 0.967 bits per heavy atom. The van der Waals surface area contributed by atoms with E-state index in [2.05, 4.69) is 10.00 Å². The lowest BCUT2D eigenvalue weighted by Crippen LogP contribution is -2.49. The third kappa shape index (κ3) is 4.18. The minimum atomic E-state index is -3.71. The first-order valence-corrected chi connectivity index (χ1v) is 11.8. The minimum Gasteiger partial charge on any atom is -0.282 e. The molecule has 11 heteroatoms. The highest BCUT2D eigenvalue weighted by Crippen LogP contribution is 2.31. The molecular weight excluding hydrogens is 465 g/mol. The summed E-state index contributed by atoms with van der Waals surface area (Å²) < 4.78 is 31.5. The van der Waals surface area contributed by atoms with Crippen LogP contribution in [0.4, 0.5) is 0 Å². The van der Waals surface area contributed by atoms with Gasteiger partial charge in [-0.1, -0.05) is 47.5 Å². The molecule has 1 aliphatic rings. The summed E-state index contributed by atoms with van der Waals surface area (Å²) >= 11 is 17.7. The summed E-state index contributed by atoms with van der Waals surface area (Å²) in [4.78, 5) is 2.15. The molecule has 0 aliphatic carbocycles. The molecule has 3 aromatic rings. The van der Waals surface area contributed by atoms with Crippen molar-refractivity contribution in [2.24, 2.45) is 0 Å². The van der Waals surface area contributed by atoms with Gasteiger partial charge in [0.05, 0.1) is 16.7 Å². The zero-order valence-electron chi connectivity index (χ0n) is 15.9. The van der Waals surface area contributed by atoms with Crippen molar-refractivity contribution in [3.63, 3.8) is 0 Å². The van der Waals surface area contributed by atoms with Crippen molar-refractivity contribution >= 4 is 45.4 Å². The van der Waals surface area contributed by atoms with E-state index in [-0.39, 0.29) is 14.9 Å². The SMILES string of the molecule is O=S(=O)(c1cccc(Cl)c1Cl)N1CCN(Cn2ncn(-c3ccccc3)c2=S)CC1. The monoisotopic (exact) mass is 483 g/mol. The Balaban J connectivity index is 1.44. The summed E-state index contributed by atoms with van der Waals surface area (Å²) in [6.07, 6.45) is 1.69. The summed E-state index contributed by atoms with van der Waals surface area (Å²) in [6.45, 7) is 2.29. The third-order valence-electron chi connectivity index (χ3n) is 4.97. The fourth-order valence-electron chi connectivity index (χ4n) is 3.32. The van der Waals surface area contributed by atoms with E-state index in [1.807, 2.05) is 34.9 Å². The van der Waals surface area contributed by atoms with Crippen molar-refractivity contribution in [1.82, 2.24) is 23.6 Å².